The van der Waals surface area contributed by atoms with E-state index in [0.717, 1.165) is 6.42 Å². The normalized spacial score (nSPS) is 12.2. The molecule has 1 atom stereocenters. The fourth-order valence-corrected chi connectivity index (χ4v) is 1.73. The topological polar surface area (TPSA) is 26.3 Å². The zero-order valence-electron chi connectivity index (χ0n) is 9.92. The monoisotopic (exact) mass is 284 g/mol. The number of hydrogen-bond donors (Lipinski definition) is 0. The Morgan fingerprint density at radius 1 is 1.44 bits per heavy atom. The minimum Gasteiger partial charge on any atom is -0.493 e. The molecule has 16 heavy (non-hydrogen) atoms. The number of Topliss-reactive ketones (excluding diaryl/α,β-unsaturated/α-hetero) is 1. The first-order chi connectivity index (χ1) is 7.60. The van der Waals surface area contributed by atoms with Crippen LogP contribution in [0.5, 0.6) is 5.75 Å². The molecule has 1 rings (SSSR count). The first-order valence-electron chi connectivity index (χ1n) is 5.54. The summed E-state index contributed by atoms with van der Waals surface area (Å²) >= 11 is 3.29. The van der Waals surface area contributed by atoms with Gasteiger partial charge >= 0.3 is 0 Å². The maximum atomic E-state index is 11.9. The van der Waals surface area contributed by atoms with Crippen LogP contribution in [-0.4, -0.2) is 17.2 Å². The van der Waals surface area contributed by atoms with Crippen molar-refractivity contribution in [2.24, 2.45) is 0 Å². The summed E-state index contributed by atoms with van der Waals surface area (Å²) in [7, 11) is 0. The first kappa shape index (κ1) is 13.2. The van der Waals surface area contributed by atoms with Crippen molar-refractivity contribution in [1.29, 1.82) is 0 Å². The van der Waals surface area contributed by atoms with Gasteiger partial charge in [-0.05, 0) is 38.0 Å². The molecule has 1 unspecified atom stereocenters. The number of carbonyl (C=O) groups excluding carboxylic acids is 1. The van der Waals surface area contributed by atoms with Gasteiger partial charge in [-0.3, -0.25) is 4.79 Å². The molecule has 0 spiro atoms. The van der Waals surface area contributed by atoms with Crippen LogP contribution in [0.25, 0.3) is 0 Å². The van der Waals surface area contributed by atoms with Gasteiger partial charge < -0.3 is 4.74 Å². The maximum Gasteiger partial charge on any atom is 0.179 e. The van der Waals surface area contributed by atoms with Crippen LogP contribution in [-0.2, 0) is 6.42 Å². The van der Waals surface area contributed by atoms with Crippen molar-refractivity contribution in [2.75, 3.05) is 6.61 Å². The SMILES string of the molecule is CCOc1cc(CC)ccc1C(=O)C(C)Br. The van der Waals surface area contributed by atoms with Crippen LogP contribution in [0.2, 0.25) is 0 Å². The van der Waals surface area contributed by atoms with Gasteiger partial charge in [0.25, 0.3) is 0 Å². The Morgan fingerprint density at radius 2 is 2.12 bits per heavy atom. The van der Waals surface area contributed by atoms with E-state index in [2.05, 4.69) is 22.9 Å². The smallest absolute Gasteiger partial charge is 0.179 e. The molecule has 1 aromatic rings. The van der Waals surface area contributed by atoms with E-state index in [4.69, 9.17) is 4.74 Å². The highest BCUT2D eigenvalue weighted by Gasteiger charge is 2.17. The number of aryl methyl sites for hydroxylation is 1. The zero-order chi connectivity index (χ0) is 12.1. The number of ether oxygens (including phenoxy) is 1. The summed E-state index contributed by atoms with van der Waals surface area (Å²) < 4.78 is 5.51. The van der Waals surface area contributed by atoms with Crippen LogP contribution >= 0.6 is 15.9 Å². The highest BCUT2D eigenvalue weighted by atomic mass is 79.9. The van der Waals surface area contributed by atoms with E-state index in [1.165, 1.54) is 5.56 Å². The third-order valence-electron chi connectivity index (χ3n) is 2.38. The van der Waals surface area contributed by atoms with E-state index < -0.39 is 0 Å². The van der Waals surface area contributed by atoms with Crippen LogP contribution in [0.3, 0.4) is 0 Å². The van der Waals surface area contributed by atoms with Gasteiger partial charge in [0, 0.05) is 0 Å². The lowest BCUT2D eigenvalue weighted by Gasteiger charge is -2.11. The average molecular weight is 285 g/mol. The van der Waals surface area contributed by atoms with Gasteiger partial charge in [-0.1, -0.05) is 28.9 Å². The highest BCUT2D eigenvalue weighted by molar-refractivity contribution is 9.10. The third kappa shape index (κ3) is 3.08. The Morgan fingerprint density at radius 3 is 2.62 bits per heavy atom. The standard InChI is InChI=1S/C13H17BrO2/c1-4-10-6-7-11(13(15)9(3)14)12(8-10)16-5-2/h6-9H,4-5H2,1-3H3. The van der Waals surface area contributed by atoms with E-state index in [9.17, 15) is 4.79 Å². The predicted molar refractivity (Wildman–Crippen MR) is 69.7 cm³/mol. The van der Waals surface area contributed by atoms with Crippen molar-refractivity contribution in [3.8, 4) is 5.75 Å². The number of carbonyl (C=O) groups is 1. The number of alkyl halides is 1. The quantitative estimate of drug-likeness (QED) is 0.610. The Labute approximate surface area is 105 Å². The molecule has 88 valence electrons. The second-order valence-electron chi connectivity index (χ2n) is 3.60. The van der Waals surface area contributed by atoms with E-state index in [0.29, 0.717) is 17.9 Å². The third-order valence-corrected chi connectivity index (χ3v) is 2.80. The molecule has 0 aliphatic heterocycles. The molecule has 0 aromatic heterocycles. The zero-order valence-corrected chi connectivity index (χ0v) is 11.5. The summed E-state index contributed by atoms with van der Waals surface area (Å²) in [5.74, 6) is 0.754. The lowest BCUT2D eigenvalue weighted by Crippen LogP contribution is -2.12. The second-order valence-corrected chi connectivity index (χ2v) is 4.97. The lowest BCUT2D eigenvalue weighted by molar-refractivity contribution is 0.0992. The summed E-state index contributed by atoms with van der Waals surface area (Å²) in [6.45, 7) is 6.40. The van der Waals surface area contributed by atoms with Crippen molar-refractivity contribution in [1.82, 2.24) is 0 Å². The molecule has 0 N–H and O–H groups in total. The molecule has 2 nitrogen and oxygen atoms in total. The molecule has 0 saturated carbocycles. The van der Waals surface area contributed by atoms with E-state index >= 15 is 0 Å². The number of hydrogen-bond acceptors (Lipinski definition) is 2. The van der Waals surface area contributed by atoms with Crippen LogP contribution in [0, 0.1) is 0 Å². The van der Waals surface area contributed by atoms with Crippen LogP contribution < -0.4 is 4.74 Å². The van der Waals surface area contributed by atoms with Crippen molar-refractivity contribution >= 4 is 21.7 Å². The first-order valence-corrected chi connectivity index (χ1v) is 6.45. The predicted octanol–water partition coefficient (Wildman–Crippen LogP) is 3.61. The maximum absolute atomic E-state index is 11.9. The molecule has 1 aromatic carbocycles. The average Bonchev–Trinajstić information content (AvgIpc) is 2.28. The summed E-state index contributed by atoms with van der Waals surface area (Å²) in [6.07, 6.45) is 0.943. The minimum absolute atomic E-state index is 0.0612. The Balaban J connectivity index is 3.12. The van der Waals surface area contributed by atoms with Crippen molar-refractivity contribution in [3.05, 3.63) is 29.3 Å². The van der Waals surface area contributed by atoms with Gasteiger partial charge in [0.2, 0.25) is 0 Å². The fourth-order valence-electron chi connectivity index (χ4n) is 1.48. The Kier molecular flexibility index (Phi) is 5.00. The van der Waals surface area contributed by atoms with Crippen molar-refractivity contribution < 1.29 is 9.53 Å². The number of halogens is 1. The molecule has 0 aliphatic rings. The molecule has 0 heterocycles. The van der Waals surface area contributed by atoms with Crippen molar-refractivity contribution in [3.63, 3.8) is 0 Å². The van der Waals surface area contributed by atoms with Gasteiger partial charge in [-0.15, -0.1) is 0 Å². The molecule has 0 radical (unpaired) electrons. The minimum atomic E-state index is -0.181. The fraction of sp³-hybridized carbons (Fsp3) is 0.462. The van der Waals surface area contributed by atoms with Gasteiger partial charge in [0.05, 0.1) is 17.0 Å². The molecule has 3 heteroatoms. The number of benzene rings is 1. The number of ketones is 1. The molecule has 0 amide bonds. The van der Waals surface area contributed by atoms with E-state index in [1.807, 2.05) is 32.0 Å². The second kappa shape index (κ2) is 6.04. The summed E-state index contributed by atoms with van der Waals surface area (Å²) in [5.41, 5.74) is 1.84. The van der Waals surface area contributed by atoms with E-state index in [-0.39, 0.29) is 10.6 Å². The molecule has 0 bridgehead atoms. The van der Waals surface area contributed by atoms with Crippen molar-refractivity contribution in [2.45, 2.75) is 32.0 Å². The molecule has 0 aliphatic carbocycles. The van der Waals surface area contributed by atoms with Crippen LogP contribution in [0.1, 0.15) is 36.7 Å². The molecule has 0 fully saturated rings. The van der Waals surface area contributed by atoms with Gasteiger partial charge in [0.1, 0.15) is 5.75 Å². The molecular weight excluding hydrogens is 268 g/mol. The Hall–Kier alpha value is -0.830. The number of rotatable bonds is 5. The van der Waals surface area contributed by atoms with Crippen LogP contribution in [0.15, 0.2) is 18.2 Å². The summed E-state index contributed by atoms with van der Waals surface area (Å²) in [6, 6.07) is 5.78. The largest absolute Gasteiger partial charge is 0.493 e. The highest BCUT2D eigenvalue weighted by Crippen LogP contribution is 2.24. The van der Waals surface area contributed by atoms with E-state index in [1.54, 1.807) is 0 Å². The van der Waals surface area contributed by atoms with Gasteiger partial charge in [-0.2, -0.15) is 0 Å². The lowest BCUT2D eigenvalue weighted by atomic mass is 10.0. The molecular formula is C13H17BrO2. The van der Waals surface area contributed by atoms with Gasteiger partial charge in [-0.25, -0.2) is 0 Å². The molecule has 0 saturated heterocycles. The van der Waals surface area contributed by atoms with Crippen LogP contribution in [0.4, 0.5) is 0 Å². The summed E-state index contributed by atoms with van der Waals surface area (Å²) in [4.78, 5) is 11.7. The van der Waals surface area contributed by atoms with Gasteiger partial charge in [0.15, 0.2) is 5.78 Å². The Bertz CT molecular complexity index is 372. The summed E-state index contributed by atoms with van der Waals surface area (Å²) in [5, 5.41) is 0.